The van der Waals surface area contributed by atoms with Crippen molar-refractivity contribution in [2.24, 2.45) is 10.2 Å². The number of hydrogen-bond acceptors (Lipinski definition) is 5. The SMILES string of the molecule is CC1=NN=C(NC(=O)N(C)CC=O)S1=S=O. The number of aldehydes is 1. The van der Waals surface area contributed by atoms with Crippen molar-refractivity contribution >= 4 is 42.2 Å². The summed E-state index contributed by atoms with van der Waals surface area (Å²) in [5, 5.41) is 10.7. The van der Waals surface area contributed by atoms with E-state index in [9.17, 15) is 13.8 Å². The first kappa shape index (κ1) is 12.7. The summed E-state index contributed by atoms with van der Waals surface area (Å²) in [4.78, 5) is 22.9. The molecule has 0 spiro atoms. The molecule has 1 rings (SSSR count). The number of urea groups is 1. The molecule has 7 nitrogen and oxygen atoms in total. The van der Waals surface area contributed by atoms with Crippen molar-refractivity contribution in [3.8, 4) is 0 Å². The molecule has 0 aliphatic carbocycles. The number of likely N-dealkylation sites (N-methyl/N-ethyl adjacent to an activating group) is 1. The summed E-state index contributed by atoms with van der Waals surface area (Å²) in [7, 11) is 0.953. The first-order valence-electron chi connectivity index (χ1n) is 4.22. The van der Waals surface area contributed by atoms with Gasteiger partial charge in [0.15, 0.2) is 0 Å². The average Bonchev–Trinajstić information content (AvgIpc) is 2.59. The Balaban J connectivity index is 2.67. The number of amidine groups is 1. The molecule has 9 heteroatoms. The zero-order chi connectivity index (χ0) is 12.1. The molecule has 1 heterocycles. The fraction of sp³-hybridized carbons (Fsp3) is 0.429. The molecule has 2 amide bonds. The standard InChI is InChI=1S/C7H10N4O3S2/c1-5-9-10-6(16(5)15-14)8-7(13)11(2)3-4-12/h4H,3H2,1-2H3,(H,8,10,13). The lowest BCUT2D eigenvalue weighted by atomic mass is 10.6. The number of hydrogen-bond donors (Lipinski definition) is 1. The van der Waals surface area contributed by atoms with Crippen LogP contribution in [0.25, 0.3) is 0 Å². The van der Waals surface area contributed by atoms with E-state index in [1.54, 1.807) is 6.92 Å². The fourth-order valence-corrected chi connectivity index (χ4v) is 2.53. The van der Waals surface area contributed by atoms with Crippen LogP contribution in [0.2, 0.25) is 0 Å². The Bertz CT molecular complexity index is 439. The van der Waals surface area contributed by atoms with Crippen LogP contribution < -0.4 is 5.32 Å². The van der Waals surface area contributed by atoms with Gasteiger partial charge in [-0.15, -0.1) is 10.2 Å². The summed E-state index contributed by atoms with van der Waals surface area (Å²) in [5.41, 5.74) is 0. The summed E-state index contributed by atoms with van der Waals surface area (Å²) in [6.07, 6.45) is 0.611. The lowest BCUT2D eigenvalue weighted by Crippen LogP contribution is -2.42. The van der Waals surface area contributed by atoms with Crippen LogP contribution in [-0.4, -0.2) is 45.2 Å². The molecule has 0 fully saturated rings. The molecule has 0 aromatic heterocycles. The van der Waals surface area contributed by atoms with E-state index in [2.05, 4.69) is 15.5 Å². The Morgan fingerprint density at radius 2 is 2.31 bits per heavy atom. The Hall–Kier alpha value is -1.35. The van der Waals surface area contributed by atoms with Gasteiger partial charge in [-0.1, -0.05) is 0 Å². The van der Waals surface area contributed by atoms with Gasteiger partial charge in [0.25, 0.3) is 0 Å². The molecule has 1 N–H and O–H groups in total. The van der Waals surface area contributed by atoms with E-state index in [1.165, 1.54) is 11.9 Å². The van der Waals surface area contributed by atoms with Crippen molar-refractivity contribution in [1.82, 2.24) is 10.2 Å². The average molecular weight is 262 g/mol. The highest BCUT2D eigenvalue weighted by atomic mass is 32.8. The lowest BCUT2D eigenvalue weighted by molar-refractivity contribution is -0.108. The van der Waals surface area contributed by atoms with Gasteiger partial charge in [0.2, 0.25) is 5.17 Å². The monoisotopic (exact) mass is 262 g/mol. The van der Waals surface area contributed by atoms with Crippen LogP contribution in [0, 0.1) is 0 Å². The number of carbonyl (C=O) groups is 2. The second kappa shape index (κ2) is 5.66. The Morgan fingerprint density at radius 3 is 2.88 bits per heavy atom. The van der Waals surface area contributed by atoms with Crippen LogP contribution in [0.15, 0.2) is 10.2 Å². The molecule has 0 aromatic carbocycles. The first-order valence-corrected chi connectivity index (χ1v) is 6.71. The van der Waals surface area contributed by atoms with Crippen LogP contribution in [-0.2, 0) is 24.5 Å². The van der Waals surface area contributed by atoms with Gasteiger partial charge in [0.1, 0.15) is 21.6 Å². The molecule has 0 saturated heterocycles. The van der Waals surface area contributed by atoms with Crippen LogP contribution in [0.1, 0.15) is 6.92 Å². The van der Waals surface area contributed by atoms with E-state index in [-0.39, 0.29) is 11.7 Å². The quantitative estimate of drug-likeness (QED) is 0.665. The molecule has 0 bridgehead atoms. The molecule has 0 aromatic rings. The third-order valence-electron chi connectivity index (χ3n) is 1.70. The summed E-state index contributed by atoms with van der Waals surface area (Å²) < 4.78 is 10.8. The smallest absolute Gasteiger partial charge is 0.321 e. The van der Waals surface area contributed by atoms with Crippen molar-refractivity contribution in [1.29, 1.82) is 0 Å². The fourth-order valence-electron chi connectivity index (χ4n) is 0.864. The molecule has 0 saturated carbocycles. The molecular weight excluding hydrogens is 252 g/mol. The molecule has 16 heavy (non-hydrogen) atoms. The van der Waals surface area contributed by atoms with Gasteiger partial charge in [0, 0.05) is 16.5 Å². The summed E-state index contributed by atoms with van der Waals surface area (Å²) in [6, 6.07) is -0.484. The zero-order valence-electron chi connectivity index (χ0n) is 8.67. The van der Waals surface area contributed by atoms with E-state index in [4.69, 9.17) is 0 Å². The van der Waals surface area contributed by atoms with Gasteiger partial charge in [-0.25, -0.2) is 9.00 Å². The summed E-state index contributed by atoms with van der Waals surface area (Å²) in [5.74, 6) is 0. The second-order valence-corrected chi connectivity index (χ2v) is 5.90. The van der Waals surface area contributed by atoms with Crippen molar-refractivity contribution in [3.05, 3.63) is 0 Å². The van der Waals surface area contributed by atoms with Gasteiger partial charge in [-0.05, 0) is 6.92 Å². The molecule has 88 valence electrons. The van der Waals surface area contributed by atoms with Gasteiger partial charge < -0.3 is 9.69 Å². The normalized spacial score (nSPS) is 18.5. The Morgan fingerprint density at radius 1 is 1.62 bits per heavy atom. The second-order valence-electron chi connectivity index (χ2n) is 2.84. The van der Waals surface area contributed by atoms with Gasteiger partial charge in [-0.3, -0.25) is 5.32 Å². The maximum absolute atomic E-state index is 11.5. The molecule has 1 aliphatic rings. The van der Waals surface area contributed by atoms with Crippen molar-refractivity contribution in [2.45, 2.75) is 6.92 Å². The Labute approximate surface area is 97.3 Å². The van der Waals surface area contributed by atoms with E-state index in [0.717, 1.165) is 0 Å². The number of nitrogens with one attached hydrogen (secondary N) is 1. The van der Waals surface area contributed by atoms with E-state index in [1.807, 2.05) is 0 Å². The van der Waals surface area contributed by atoms with Crippen molar-refractivity contribution in [2.75, 3.05) is 13.6 Å². The minimum atomic E-state index is -0.844. The van der Waals surface area contributed by atoms with Gasteiger partial charge >= 0.3 is 6.03 Å². The highest BCUT2D eigenvalue weighted by Crippen LogP contribution is 2.02. The largest absolute Gasteiger partial charge is 0.323 e. The number of rotatable bonds is 2. The topological polar surface area (TPSA) is 91.2 Å². The molecule has 0 radical (unpaired) electrons. The van der Waals surface area contributed by atoms with Crippen LogP contribution in [0.3, 0.4) is 0 Å². The highest BCUT2D eigenvalue weighted by Gasteiger charge is 2.20. The van der Waals surface area contributed by atoms with Crippen LogP contribution in [0.4, 0.5) is 4.79 Å². The van der Waals surface area contributed by atoms with Crippen molar-refractivity contribution < 1.29 is 13.8 Å². The summed E-state index contributed by atoms with van der Waals surface area (Å²) >= 11 is 0. The highest BCUT2D eigenvalue weighted by molar-refractivity contribution is 8.47. The third-order valence-corrected chi connectivity index (χ3v) is 4.60. The predicted octanol–water partition coefficient (Wildman–Crippen LogP) is -0.724. The number of carbonyl (C=O) groups excluding carboxylic acids is 2. The predicted molar refractivity (Wildman–Crippen MR) is 63.3 cm³/mol. The molecule has 1 unspecified atom stereocenters. The molecular formula is C7H10N4O3S2. The minimum Gasteiger partial charge on any atom is -0.321 e. The van der Waals surface area contributed by atoms with E-state index >= 15 is 0 Å². The number of amides is 2. The zero-order valence-corrected chi connectivity index (χ0v) is 10.3. The Kier molecular flexibility index (Phi) is 4.50. The lowest BCUT2D eigenvalue weighted by Gasteiger charge is -2.14. The van der Waals surface area contributed by atoms with Crippen LogP contribution in [0.5, 0.6) is 0 Å². The maximum Gasteiger partial charge on any atom is 0.323 e. The van der Waals surface area contributed by atoms with Crippen molar-refractivity contribution in [3.63, 3.8) is 0 Å². The molecule has 1 atom stereocenters. The van der Waals surface area contributed by atoms with Crippen LogP contribution >= 0.6 is 0 Å². The van der Waals surface area contributed by atoms with E-state index in [0.29, 0.717) is 21.6 Å². The maximum atomic E-state index is 11.5. The minimum absolute atomic E-state index is 0.0166. The van der Waals surface area contributed by atoms with E-state index < -0.39 is 15.5 Å². The first-order chi connectivity index (χ1) is 7.60. The molecule has 1 aliphatic heterocycles. The third kappa shape index (κ3) is 2.83. The summed E-state index contributed by atoms with van der Waals surface area (Å²) in [6.45, 7) is 1.66. The van der Waals surface area contributed by atoms with Gasteiger partial charge in [-0.2, -0.15) is 0 Å². The van der Waals surface area contributed by atoms with Gasteiger partial charge in [0.05, 0.1) is 6.54 Å². The number of nitrogens with zero attached hydrogens (tertiary/aromatic N) is 3.